The number of nitrogens with zero attached hydrogens (tertiary/aromatic N) is 3. The van der Waals surface area contributed by atoms with Gasteiger partial charge in [0, 0.05) is 37.6 Å². The fourth-order valence-corrected chi connectivity index (χ4v) is 6.26. The number of piperidine rings is 1. The first-order valence-corrected chi connectivity index (χ1v) is 11.9. The van der Waals surface area contributed by atoms with Crippen molar-refractivity contribution in [3.8, 4) is 0 Å². The average Bonchev–Trinajstić information content (AvgIpc) is 3.30. The number of rotatable bonds is 5. The van der Waals surface area contributed by atoms with Crippen molar-refractivity contribution in [2.24, 2.45) is 5.92 Å². The number of hydrogen-bond donors (Lipinski definition) is 1. The average molecular weight is 433 g/mol. The number of likely N-dealkylation sites (N-methyl/N-ethyl adjacent to an activating group) is 1. The number of fused-ring (bicyclic) bond motifs is 1. The minimum Gasteiger partial charge on any atom is -0.371 e. The van der Waals surface area contributed by atoms with E-state index in [4.69, 9.17) is 4.52 Å². The third kappa shape index (κ3) is 3.72. The topological polar surface area (TPSA) is 95.8 Å². The maximum atomic E-state index is 13.1. The van der Waals surface area contributed by atoms with Crippen LogP contribution in [0.15, 0.2) is 27.6 Å². The largest absolute Gasteiger partial charge is 0.371 e. The maximum Gasteiger partial charge on any atom is 0.248 e. The Morgan fingerprint density at radius 1 is 1.30 bits per heavy atom. The van der Waals surface area contributed by atoms with Crippen LogP contribution in [0.2, 0.25) is 0 Å². The van der Waals surface area contributed by atoms with E-state index in [1.54, 1.807) is 13.8 Å². The summed E-state index contributed by atoms with van der Waals surface area (Å²) in [6, 6.07) is 6.01. The Morgan fingerprint density at radius 2 is 2.10 bits per heavy atom. The highest BCUT2D eigenvalue weighted by atomic mass is 32.2. The lowest BCUT2D eigenvalue weighted by molar-refractivity contribution is -0.120. The van der Waals surface area contributed by atoms with Crippen LogP contribution < -0.4 is 10.2 Å². The molecular formula is C21H28N4O4S. The lowest BCUT2D eigenvalue weighted by Crippen LogP contribution is -2.43. The van der Waals surface area contributed by atoms with Crippen LogP contribution in [0, 0.1) is 19.8 Å². The van der Waals surface area contributed by atoms with Crippen molar-refractivity contribution < 1.29 is 17.7 Å². The Morgan fingerprint density at radius 3 is 2.80 bits per heavy atom. The van der Waals surface area contributed by atoms with E-state index in [0.717, 1.165) is 25.2 Å². The molecule has 1 saturated heterocycles. The fraction of sp³-hybridized carbons (Fsp3) is 0.524. The Kier molecular flexibility index (Phi) is 5.59. The molecule has 1 atom stereocenters. The molecule has 8 nitrogen and oxygen atoms in total. The van der Waals surface area contributed by atoms with E-state index < -0.39 is 15.9 Å². The number of carbonyl (C=O) groups excluding carboxylic acids is 1. The second-order valence-corrected chi connectivity index (χ2v) is 9.89. The van der Waals surface area contributed by atoms with Crippen LogP contribution in [0.3, 0.4) is 0 Å². The van der Waals surface area contributed by atoms with E-state index >= 15 is 0 Å². The molecule has 4 rings (SSSR count). The van der Waals surface area contributed by atoms with Crippen LogP contribution in [0.1, 0.15) is 36.8 Å². The zero-order chi connectivity index (χ0) is 21.5. The van der Waals surface area contributed by atoms with E-state index in [9.17, 15) is 13.2 Å². The number of benzene rings is 1. The van der Waals surface area contributed by atoms with Gasteiger partial charge >= 0.3 is 0 Å². The monoisotopic (exact) mass is 432 g/mol. The first kappa shape index (κ1) is 20.9. The van der Waals surface area contributed by atoms with Crippen molar-refractivity contribution in [3.63, 3.8) is 0 Å². The highest BCUT2D eigenvalue weighted by Crippen LogP contribution is 2.32. The molecule has 0 radical (unpaired) electrons. The minimum absolute atomic E-state index is 0.113. The van der Waals surface area contributed by atoms with Crippen LogP contribution in [0.5, 0.6) is 0 Å². The summed E-state index contributed by atoms with van der Waals surface area (Å²) in [5, 5.41) is 6.76. The summed E-state index contributed by atoms with van der Waals surface area (Å²) in [7, 11) is -3.75. The smallest absolute Gasteiger partial charge is 0.248 e. The van der Waals surface area contributed by atoms with Crippen molar-refractivity contribution in [3.05, 3.63) is 35.2 Å². The van der Waals surface area contributed by atoms with Crippen molar-refractivity contribution in [1.82, 2.24) is 9.46 Å². The molecule has 1 aromatic heterocycles. The third-order valence-corrected chi connectivity index (χ3v) is 8.16. The van der Waals surface area contributed by atoms with Gasteiger partial charge in [-0.15, -0.1) is 0 Å². The number of carbonyl (C=O) groups is 1. The van der Waals surface area contributed by atoms with E-state index in [-0.39, 0.29) is 23.1 Å². The number of nitrogens with one attached hydrogen (secondary N) is 1. The van der Waals surface area contributed by atoms with Gasteiger partial charge in [-0.3, -0.25) is 4.79 Å². The van der Waals surface area contributed by atoms with Crippen molar-refractivity contribution >= 4 is 27.3 Å². The zero-order valence-corrected chi connectivity index (χ0v) is 18.5. The van der Waals surface area contributed by atoms with E-state index in [2.05, 4.69) is 28.4 Å². The Balaban J connectivity index is 1.48. The normalized spacial score (nSPS) is 19.7. The van der Waals surface area contributed by atoms with Gasteiger partial charge < -0.3 is 14.7 Å². The molecule has 1 fully saturated rings. The second kappa shape index (κ2) is 8.03. The molecule has 3 heterocycles. The van der Waals surface area contributed by atoms with Crippen LogP contribution in [0.25, 0.3) is 0 Å². The van der Waals surface area contributed by atoms with Crippen LogP contribution in [-0.4, -0.2) is 50.0 Å². The second-order valence-electron chi connectivity index (χ2n) is 8.02. The molecule has 30 heavy (non-hydrogen) atoms. The van der Waals surface area contributed by atoms with Gasteiger partial charge in [0.25, 0.3) is 0 Å². The predicted molar refractivity (Wildman–Crippen MR) is 114 cm³/mol. The maximum absolute atomic E-state index is 13.1. The molecule has 9 heteroatoms. The molecule has 162 valence electrons. The predicted octanol–water partition coefficient (Wildman–Crippen LogP) is 2.71. The summed E-state index contributed by atoms with van der Waals surface area (Å²) < 4.78 is 32.6. The summed E-state index contributed by atoms with van der Waals surface area (Å²) in [4.78, 5) is 15.3. The lowest BCUT2D eigenvalue weighted by Gasteiger charge is -2.31. The first-order chi connectivity index (χ1) is 14.3. The third-order valence-electron chi connectivity index (χ3n) is 6.05. The van der Waals surface area contributed by atoms with Crippen LogP contribution >= 0.6 is 0 Å². The highest BCUT2D eigenvalue weighted by Gasteiger charge is 2.36. The molecule has 1 amide bonds. The number of anilines is 2. The van der Waals surface area contributed by atoms with Gasteiger partial charge in [0.15, 0.2) is 5.76 Å². The van der Waals surface area contributed by atoms with Gasteiger partial charge in [0.1, 0.15) is 10.6 Å². The fourth-order valence-electron chi connectivity index (χ4n) is 4.44. The SMILES string of the molecule is CCN1CCc2ccc(NC(=O)C3CCCN(S(=O)(=O)c4c(C)noc4C)C3)cc21. The van der Waals surface area contributed by atoms with Gasteiger partial charge in [-0.05, 0) is 57.7 Å². The summed E-state index contributed by atoms with van der Waals surface area (Å²) in [6.45, 7) is 7.81. The molecule has 1 N–H and O–H groups in total. The first-order valence-electron chi connectivity index (χ1n) is 10.4. The summed E-state index contributed by atoms with van der Waals surface area (Å²) in [5.74, 6) is -0.267. The van der Waals surface area contributed by atoms with Gasteiger partial charge in [-0.2, -0.15) is 4.31 Å². The van der Waals surface area contributed by atoms with E-state index in [0.29, 0.717) is 25.1 Å². The minimum atomic E-state index is -3.75. The van der Waals surface area contributed by atoms with Gasteiger partial charge in [0.2, 0.25) is 15.9 Å². The summed E-state index contributed by atoms with van der Waals surface area (Å²) in [6.07, 6.45) is 2.31. The molecule has 0 aliphatic carbocycles. The molecule has 0 spiro atoms. The number of aryl methyl sites for hydroxylation is 2. The molecule has 1 unspecified atom stereocenters. The van der Waals surface area contributed by atoms with Crippen molar-refractivity contribution in [2.75, 3.05) is 36.4 Å². The Labute approximate surface area is 177 Å². The highest BCUT2D eigenvalue weighted by molar-refractivity contribution is 7.89. The van der Waals surface area contributed by atoms with Gasteiger partial charge in [-0.1, -0.05) is 11.2 Å². The molecule has 0 saturated carbocycles. The molecule has 1 aromatic carbocycles. The van der Waals surface area contributed by atoms with Crippen LogP contribution in [0.4, 0.5) is 11.4 Å². The molecule has 0 bridgehead atoms. The van der Waals surface area contributed by atoms with Gasteiger partial charge in [0.05, 0.1) is 5.92 Å². The standard InChI is InChI=1S/C21H28N4O4S/c1-4-24-11-9-16-7-8-18(12-19(16)24)22-21(26)17-6-5-10-25(13-17)30(27,28)20-14(2)23-29-15(20)3/h7-8,12,17H,4-6,9-11,13H2,1-3H3,(H,22,26). The number of sulfonamides is 1. The molecule has 2 aliphatic heterocycles. The zero-order valence-electron chi connectivity index (χ0n) is 17.6. The summed E-state index contributed by atoms with van der Waals surface area (Å²) >= 11 is 0. The van der Waals surface area contributed by atoms with Crippen molar-refractivity contribution in [1.29, 1.82) is 0 Å². The Hall–Kier alpha value is -2.39. The number of aromatic nitrogens is 1. The van der Waals surface area contributed by atoms with E-state index in [1.807, 2.05) is 12.1 Å². The summed E-state index contributed by atoms with van der Waals surface area (Å²) in [5.41, 5.74) is 3.56. The van der Waals surface area contributed by atoms with Gasteiger partial charge in [-0.25, -0.2) is 8.42 Å². The van der Waals surface area contributed by atoms with E-state index in [1.165, 1.54) is 15.6 Å². The van der Waals surface area contributed by atoms with Crippen LogP contribution in [-0.2, 0) is 21.2 Å². The quantitative estimate of drug-likeness (QED) is 0.781. The van der Waals surface area contributed by atoms with Crippen molar-refractivity contribution in [2.45, 2.75) is 44.9 Å². The molecule has 2 aromatic rings. The number of hydrogen-bond acceptors (Lipinski definition) is 6. The lowest BCUT2D eigenvalue weighted by atomic mass is 9.98. The number of amides is 1. The molecular weight excluding hydrogens is 404 g/mol. The Bertz CT molecular complexity index is 1040. The molecule has 2 aliphatic rings.